The Morgan fingerprint density at radius 2 is 1.72 bits per heavy atom. The Morgan fingerprint density at radius 1 is 1.08 bits per heavy atom. The maximum absolute atomic E-state index is 12.2. The Labute approximate surface area is 147 Å². The van der Waals surface area contributed by atoms with Crippen LogP contribution >= 0.6 is 0 Å². The van der Waals surface area contributed by atoms with Gasteiger partial charge in [0.05, 0.1) is 18.6 Å². The molecule has 0 aliphatic rings. The number of sulfonamides is 1. The van der Waals surface area contributed by atoms with E-state index in [1.807, 2.05) is 0 Å². The smallest absolute Gasteiger partial charge is 0.241 e. The summed E-state index contributed by atoms with van der Waals surface area (Å²) < 4.78 is 31.8. The fourth-order valence-electron chi connectivity index (χ4n) is 1.96. The van der Waals surface area contributed by atoms with Crippen molar-refractivity contribution in [2.45, 2.75) is 11.8 Å². The molecule has 0 spiro atoms. The molecule has 0 aliphatic carbocycles. The summed E-state index contributed by atoms with van der Waals surface area (Å²) in [6.07, 6.45) is 0. The lowest BCUT2D eigenvalue weighted by molar-refractivity contribution is -0.114. The van der Waals surface area contributed by atoms with E-state index in [0.717, 1.165) is 11.3 Å². The molecular weight excluding hydrogens is 340 g/mol. The highest BCUT2D eigenvalue weighted by molar-refractivity contribution is 7.89. The Bertz CT molecular complexity index is 893. The molecular formula is C18H18N2O4S. The van der Waals surface area contributed by atoms with Crippen LogP contribution in [-0.2, 0) is 14.8 Å². The molecule has 0 aromatic heterocycles. The number of hydrogen-bond donors (Lipinski definition) is 2. The first-order valence-electron chi connectivity index (χ1n) is 7.41. The van der Waals surface area contributed by atoms with Crippen molar-refractivity contribution in [3.8, 4) is 17.6 Å². The summed E-state index contributed by atoms with van der Waals surface area (Å²) in [4.78, 5) is 11.1. The summed E-state index contributed by atoms with van der Waals surface area (Å²) in [6, 6.07) is 13.0. The number of carbonyl (C=O) groups is 1. The van der Waals surface area contributed by atoms with Gasteiger partial charge in [0.2, 0.25) is 15.9 Å². The first kappa shape index (κ1) is 18.5. The van der Waals surface area contributed by atoms with Crippen LogP contribution in [0.5, 0.6) is 5.75 Å². The summed E-state index contributed by atoms with van der Waals surface area (Å²) >= 11 is 0. The average Bonchev–Trinajstić information content (AvgIpc) is 2.59. The zero-order valence-electron chi connectivity index (χ0n) is 13.9. The maximum atomic E-state index is 12.2. The molecule has 2 rings (SSSR count). The summed E-state index contributed by atoms with van der Waals surface area (Å²) in [6.45, 7) is 1.37. The fraction of sp³-hybridized carbons (Fsp3) is 0.167. The second-order valence-corrected chi connectivity index (χ2v) is 6.83. The van der Waals surface area contributed by atoms with Crippen molar-refractivity contribution in [3.05, 3.63) is 54.1 Å². The highest BCUT2D eigenvalue weighted by atomic mass is 32.2. The number of rotatable bonds is 5. The molecule has 0 atom stereocenters. The minimum absolute atomic E-state index is 0.0121. The minimum Gasteiger partial charge on any atom is -0.497 e. The number of carbonyl (C=O) groups excluding carboxylic acids is 1. The SMILES string of the molecule is COc1ccc(C#CCNS(=O)(=O)c2ccc(NC(C)=O)cc2)cc1. The van der Waals surface area contributed by atoms with Gasteiger partial charge in [-0.3, -0.25) is 4.79 Å². The van der Waals surface area contributed by atoms with Gasteiger partial charge in [0.25, 0.3) is 0 Å². The van der Waals surface area contributed by atoms with E-state index in [0.29, 0.717) is 5.69 Å². The molecule has 0 heterocycles. The van der Waals surface area contributed by atoms with E-state index in [-0.39, 0.29) is 17.3 Å². The standard InChI is InChI=1S/C18H18N2O4S/c1-14(21)20-16-7-11-18(12-8-16)25(22,23)19-13-3-4-15-5-9-17(24-2)10-6-15/h5-12,19H,13H2,1-2H3,(H,20,21). The number of hydrogen-bond acceptors (Lipinski definition) is 4. The van der Waals surface area contributed by atoms with Crippen molar-refractivity contribution in [2.24, 2.45) is 0 Å². The zero-order chi connectivity index (χ0) is 18.3. The molecule has 6 nitrogen and oxygen atoms in total. The van der Waals surface area contributed by atoms with E-state index in [1.54, 1.807) is 31.4 Å². The lowest BCUT2D eigenvalue weighted by atomic mass is 10.2. The van der Waals surface area contributed by atoms with Crippen molar-refractivity contribution < 1.29 is 17.9 Å². The van der Waals surface area contributed by atoms with Crippen LogP contribution in [0.15, 0.2) is 53.4 Å². The lowest BCUT2D eigenvalue weighted by Crippen LogP contribution is -2.24. The van der Waals surface area contributed by atoms with Crippen LogP contribution in [0.4, 0.5) is 5.69 Å². The molecule has 0 aliphatic heterocycles. The van der Waals surface area contributed by atoms with Gasteiger partial charge in [-0.25, -0.2) is 8.42 Å². The van der Waals surface area contributed by atoms with Gasteiger partial charge in [-0.15, -0.1) is 0 Å². The first-order chi connectivity index (χ1) is 11.9. The molecule has 0 bridgehead atoms. The van der Waals surface area contributed by atoms with Gasteiger partial charge in [-0.05, 0) is 48.5 Å². The number of methoxy groups -OCH3 is 1. The molecule has 25 heavy (non-hydrogen) atoms. The van der Waals surface area contributed by atoms with Crippen LogP contribution in [0.2, 0.25) is 0 Å². The molecule has 0 radical (unpaired) electrons. The van der Waals surface area contributed by atoms with Crippen LogP contribution in [-0.4, -0.2) is 28.0 Å². The molecule has 130 valence electrons. The van der Waals surface area contributed by atoms with Crippen LogP contribution in [0.3, 0.4) is 0 Å². The monoisotopic (exact) mass is 358 g/mol. The minimum atomic E-state index is -3.66. The van der Waals surface area contributed by atoms with Gasteiger partial charge >= 0.3 is 0 Å². The van der Waals surface area contributed by atoms with E-state index in [2.05, 4.69) is 21.9 Å². The van der Waals surface area contributed by atoms with Gasteiger partial charge in [-0.2, -0.15) is 4.72 Å². The van der Waals surface area contributed by atoms with E-state index in [4.69, 9.17) is 4.74 Å². The van der Waals surface area contributed by atoms with Crippen LogP contribution in [0.25, 0.3) is 0 Å². The van der Waals surface area contributed by atoms with Gasteiger partial charge in [-0.1, -0.05) is 11.8 Å². The number of nitrogens with one attached hydrogen (secondary N) is 2. The van der Waals surface area contributed by atoms with Gasteiger partial charge < -0.3 is 10.1 Å². The summed E-state index contributed by atoms with van der Waals surface area (Å²) in [5.41, 5.74) is 1.30. The number of benzene rings is 2. The Kier molecular flexibility index (Phi) is 6.17. The van der Waals surface area contributed by atoms with E-state index < -0.39 is 10.0 Å². The van der Waals surface area contributed by atoms with E-state index >= 15 is 0 Å². The quantitative estimate of drug-likeness (QED) is 0.801. The van der Waals surface area contributed by atoms with Gasteiger partial charge in [0, 0.05) is 18.2 Å². The molecule has 2 aromatic carbocycles. The molecule has 7 heteroatoms. The van der Waals surface area contributed by atoms with E-state index in [9.17, 15) is 13.2 Å². The molecule has 1 amide bonds. The van der Waals surface area contributed by atoms with Crippen LogP contribution < -0.4 is 14.8 Å². The molecule has 0 fully saturated rings. The Hall–Kier alpha value is -2.82. The van der Waals surface area contributed by atoms with Crippen molar-refractivity contribution in [2.75, 3.05) is 19.0 Å². The zero-order valence-corrected chi connectivity index (χ0v) is 14.7. The molecule has 0 unspecified atom stereocenters. The van der Waals surface area contributed by atoms with E-state index in [1.165, 1.54) is 31.2 Å². The lowest BCUT2D eigenvalue weighted by Gasteiger charge is -2.06. The largest absolute Gasteiger partial charge is 0.497 e. The van der Waals surface area contributed by atoms with Crippen molar-refractivity contribution in [1.82, 2.24) is 4.72 Å². The van der Waals surface area contributed by atoms with Crippen LogP contribution in [0.1, 0.15) is 12.5 Å². The Morgan fingerprint density at radius 3 is 2.28 bits per heavy atom. The van der Waals surface area contributed by atoms with Gasteiger partial charge in [0.15, 0.2) is 0 Å². The molecule has 0 saturated heterocycles. The maximum Gasteiger partial charge on any atom is 0.241 e. The number of amides is 1. The van der Waals surface area contributed by atoms with Crippen LogP contribution in [0, 0.1) is 11.8 Å². The third kappa shape index (κ3) is 5.64. The first-order valence-corrected chi connectivity index (χ1v) is 8.89. The predicted molar refractivity (Wildman–Crippen MR) is 95.8 cm³/mol. The van der Waals surface area contributed by atoms with Crippen molar-refractivity contribution in [3.63, 3.8) is 0 Å². The predicted octanol–water partition coefficient (Wildman–Crippen LogP) is 1.98. The summed E-state index contributed by atoms with van der Waals surface area (Å²) in [5.74, 6) is 6.15. The second-order valence-electron chi connectivity index (χ2n) is 5.06. The summed E-state index contributed by atoms with van der Waals surface area (Å²) in [5, 5.41) is 2.58. The van der Waals surface area contributed by atoms with Crippen molar-refractivity contribution >= 4 is 21.6 Å². The number of anilines is 1. The summed E-state index contributed by atoms with van der Waals surface area (Å²) in [7, 11) is -2.07. The van der Waals surface area contributed by atoms with Crippen molar-refractivity contribution in [1.29, 1.82) is 0 Å². The normalized spacial score (nSPS) is 10.5. The van der Waals surface area contributed by atoms with Gasteiger partial charge in [0.1, 0.15) is 5.75 Å². The highest BCUT2D eigenvalue weighted by Gasteiger charge is 2.12. The topological polar surface area (TPSA) is 84.5 Å². The number of ether oxygens (including phenoxy) is 1. The Balaban J connectivity index is 1.97. The molecule has 2 N–H and O–H groups in total. The third-order valence-corrected chi connectivity index (χ3v) is 4.58. The molecule has 0 saturated carbocycles. The average molecular weight is 358 g/mol. The third-order valence-electron chi connectivity index (χ3n) is 3.16. The molecule has 2 aromatic rings. The highest BCUT2D eigenvalue weighted by Crippen LogP contribution is 2.14. The second kappa shape index (κ2) is 8.33. The fourth-order valence-corrected chi connectivity index (χ4v) is 2.88.